The molecule has 0 bridgehead atoms. The molecule has 1 aliphatic carbocycles. The van der Waals surface area contributed by atoms with Crippen LogP contribution in [0.4, 0.5) is 0 Å². The minimum Gasteiger partial charge on any atom is -0.0870 e. The third-order valence-corrected chi connectivity index (χ3v) is 5.61. The second-order valence-electron chi connectivity index (χ2n) is 7.13. The molecule has 0 N–H and O–H groups in total. The van der Waals surface area contributed by atoms with Crippen molar-refractivity contribution in [2.45, 2.75) is 26.2 Å². The van der Waals surface area contributed by atoms with Crippen LogP contribution in [0.1, 0.15) is 37.5 Å². The molecular formula is C24H21Cl. The lowest BCUT2D eigenvalue weighted by atomic mass is 9.81. The molecule has 0 saturated carbocycles. The van der Waals surface area contributed by atoms with Crippen molar-refractivity contribution in [1.82, 2.24) is 0 Å². The maximum absolute atomic E-state index is 6.45. The lowest BCUT2D eigenvalue weighted by Gasteiger charge is -2.22. The molecule has 1 aliphatic rings. The largest absolute Gasteiger partial charge is 0.0870 e. The summed E-state index contributed by atoms with van der Waals surface area (Å²) in [5, 5.41) is 0.790. The molecule has 0 atom stereocenters. The van der Waals surface area contributed by atoms with E-state index in [-0.39, 0.29) is 5.41 Å². The van der Waals surface area contributed by atoms with E-state index < -0.39 is 0 Å². The summed E-state index contributed by atoms with van der Waals surface area (Å²) >= 11 is 6.45. The Kier molecular flexibility index (Phi) is 3.81. The number of hydrogen-bond donors (Lipinski definition) is 0. The van der Waals surface area contributed by atoms with Gasteiger partial charge in [0.15, 0.2) is 0 Å². The van der Waals surface area contributed by atoms with E-state index in [1.165, 1.54) is 33.4 Å². The second kappa shape index (κ2) is 5.89. The van der Waals surface area contributed by atoms with Crippen LogP contribution in [-0.4, -0.2) is 0 Å². The lowest BCUT2D eigenvalue weighted by Crippen LogP contribution is -2.14. The molecule has 0 aromatic heterocycles. The van der Waals surface area contributed by atoms with Crippen LogP contribution in [-0.2, 0) is 5.41 Å². The molecule has 25 heavy (non-hydrogen) atoms. The Balaban J connectivity index is 1.94. The molecular weight excluding hydrogens is 324 g/mol. The fraction of sp³-hybridized carbons (Fsp3) is 0.167. The third kappa shape index (κ3) is 2.44. The zero-order valence-corrected chi connectivity index (χ0v) is 15.6. The first-order chi connectivity index (χ1) is 12.0. The van der Waals surface area contributed by atoms with Gasteiger partial charge in [-0.25, -0.2) is 0 Å². The number of rotatable bonds is 2. The van der Waals surface area contributed by atoms with Gasteiger partial charge >= 0.3 is 0 Å². The van der Waals surface area contributed by atoms with Gasteiger partial charge in [0.05, 0.1) is 0 Å². The number of hydrogen-bond acceptors (Lipinski definition) is 0. The van der Waals surface area contributed by atoms with E-state index in [1.807, 2.05) is 25.1 Å². The predicted octanol–water partition coefficient (Wildman–Crippen LogP) is 7.35. The van der Waals surface area contributed by atoms with Crippen LogP contribution in [0.5, 0.6) is 0 Å². The topological polar surface area (TPSA) is 0 Å². The Morgan fingerprint density at radius 2 is 1.52 bits per heavy atom. The van der Waals surface area contributed by atoms with E-state index in [1.54, 1.807) is 0 Å². The third-order valence-electron chi connectivity index (χ3n) is 5.28. The van der Waals surface area contributed by atoms with Crippen LogP contribution in [0, 0.1) is 0 Å². The molecule has 0 nitrogen and oxygen atoms in total. The summed E-state index contributed by atoms with van der Waals surface area (Å²) in [6.07, 6.45) is 4.13. The molecule has 0 heterocycles. The van der Waals surface area contributed by atoms with Crippen molar-refractivity contribution in [3.05, 3.63) is 88.5 Å². The minimum absolute atomic E-state index is 0.0151. The van der Waals surface area contributed by atoms with Gasteiger partial charge < -0.3 is 0 Å². The first kappa shape index (κ1) is 16.2. The first-order valence-electron chi connectivity index (χ1n) is 8.70. The van der Waals surface area contributed by atoms with Crippen LogP contribution >= 0.6 is 11.6 Å². The highest BCUT2D eigenvalue weighted by atomic mass is 35.5. The fourth-order valence-corrected chi connectivity index (χ4v) is 4.23. The fourth-order valence-electron chi connectivity index (χ4n) is 4.00. The summed E-state index contributed by atoms with van der Waals surface area (Å²) in [5.41, 5.74) is 8.99. The predicted molar refractivity (Wildman–Crippen MR) is 109 cm³/mol. The lowest BCUT2D eigenvalue weighted by molar-refractivity contribution is 0.660. The van der Waals surface area contributed by atoms with E-state index in [0.717, 1.165) is 10.6 Å². The van der Waals surface area contributed by atoms with Crippen LogP contribution in [0.3, 0.4) is 0 Å². The first-order valence-corrected chi connectivity index (χ1v) is 9.08. The molecule has 0 radical (unpaired) electrons. The highest BCUT2D eigenvalue weighted by Crippen LogP contribution is 2.49. The summed E-state index contributed by atoms with van der Waals surface area (Å²) in [4.78, 5) is 0. The van der Waals surface area contributed by atoms with E-state index in [4.69, 9.17) is 11.6 Å². The highest BCUT2D eigenvalue weighted by Gasteiger charge is 2.35. The van der Waals surface area contributed by atoms with Gasteiger partial charge in [-0.05, 0) is 52.4 Å². The molecule has 3 aromatic rings. The number of benzene rings is 3. The maximum Gasteiger partial charge on any atom is 0.0484 e. The second-order valence-corrected chi connectivity index (χ2v) is 7.54. The van der Waals surface area contributed by atoms with Gasteiger partial charge in [0.25, 0.3) is 0 Å². The van der Waals surface area contributed by atoms with Gasteiger partial charge in [0.2, 0.25) is 0 Å². The zero-order chi connectivity index (χ0) is 17.6. The Bertz CT molecular complexity index is 993. The molecule has 0 saturated heterocycles. The zero-order valence-electron chi connectivity index (χ0n) is 14.8. The van der Waals surface area contributed by atoms with Crippen molar-refractivity contribution in [2.24, 2.45) is 0 Å². The average molecular weight is 345 g/mol. The maximum atomic E-state index is 6.45. The smallest absolute Gasteiger partial charge is 0.0484 e. The average Bonchev–Trinajstić information content (AvgIpc) is 2.85. The van der Waals surface area contributed by atoms with Crippen LogP contribution in [0.25, 0.3) is 28.3 Å². The Morgan fingerprint density at radius 1 is 0.800 bits per heavy atom. The Morgan fingerprint density at radius 3 is 2.32 bits per heavy atom. The van der Waals surface area contributed by atoms with Gasteiger partial charge in [0, 0.05) is 16.0 Å². The van der Waals surface area contributed by atoms with Crippen LogP contribution in [0.15, 0.2) is 66.7 Å². The van der Waals surface area contributed by atoms with Gasteiger partial charge in [-0.2, -0.15) is 0 Å². The van der Waals surface area contributed by atoms with E-state index >= 15 is 0 Å². The van der Waals surface area contributed by atoms with Crippen molar-refractivity contribution in [3.8, 4) is 22.3 Å². The van der Waals surface area contributed by atoms with Crippen molar-refractivity contribution in [2.75, 3.05) is 0 Å². The monoisotopic (exact) mass is 344 g/mol. The summed E-state index contributed by atoms with van der Waals surface area (Å²) in [6.45, 7) is 6.65. The molecule has 0 unspecified atom stereocenters. The van der Waals surface area contributed by atoms with E-state index in [2.05, 4.69) is 68.5 Å². The molecule has 0 aliphatic heterocycles. The molecule has 0 spiro atoms. The number of halogens is 1. The molecule has 3 aromatic carbocycles. The van der Waals surface area contributed by atoms with E-state index in [9.17, 15) is 0 Å². The molecule has 0 amide bonds. The van der Waals surface area contributed by atoms with Gasteiger partial charge in [-0.3, -0.25) is 0 Å². The molecule has 1 heteroatoms. The van der Waals surface area contributed by atoms with Crippen molar-refractivity contribution in [3.63, 3.8) is 0 Å². The van der Waals surface area contributed by atoms with Crippen LogP contribution in [0.2, 0.25) is 5.02 Å². The highest BCUT2D eigenvalue weighted by molar-refractivity contribution is 6.32. The summed E-state index contributed by atoms with van der Waals surface area (Å²) in [6, 6.07) is 21.7. The standard InChI is InChI=1S/C24H21Cl/c1-4-8-20-17(10-7-12-23(20)25)16-13-14-19-18-9-5-6-11-21(18)24(2,3)22(19)15-16/h4-15H,1-3H3/b8-4+. The van der Waals surface area contributed by atoms with Crippen molar-refractivity contribution < 1.29 is 0 Å². The van der Waals surface area contributed by atoms with Crippen LogP contribution < -0.4 is 0 Å². The summed E-state index contributed by atoms with van der Waals surface area (Å²) in [5.74, 6) is 0. The number of fused-ring (bicyclic) bond motifs is 3. The van der Waals surface area contributed by atoms with Gasteiger partial charge in [0.1, 0.15) is 0 Å². The minimum atomic E-state index is 0.0151. The van der Waals surface area contributed by atoms with E-state index in [0.29, 0.717) is 0 Å². The number of allylic oxidation sites excluding steroid dienone is 1. The Hall–Kier alpha value is -2.31. The summed E-state index contributed by atoms with van der Waals surface area (Å²) < 4.78 is 0. The molecule has 0 fully saturated rings. The molecule has 4 rings (SSSR count). The molecule has 124 valence electrons. The van der Waals surface area contributed by atoms with Crippen molar-refractivity contribution in [1.29, 1.82) is 0 Å². The Labute approximate surface area is 154 Å². The normalized spacial score (nSPS) is 14.6. The SMILES string of the molecule is C/C=C/c1c(Cl)cccc1-c1ccc2c(c1)C(C)(C)c1ccccc1-2. The summed E-state index contributed by atoms with van der Waals surface area (Å²) in [7, 11) is 0. The van der Waals surface area contributed by atoms with Gasteiger partial charge in [-0.15, -0.1) is 0 Å². The van der Waals surface area contributed by atoms with Gasteiger partial charge in [-0.1, -0.05) is 86.1 Å². The quantitative estimate of drug-likeness (QED) is 0.456. The van der Waals surface area contributed by atoms with Crippen molar-refractivity contribution >= 4 is 17.7 Å².